The van der Waals surface area contributed by atoms with Crippen molar-refractivity contribution in [1.29, 1.82) is 0 Å². The van der Waals surface area contributed by atoms with Crippen molar-refractivity contribution in [2.24, 2.45) is 0 Å². The number of morpholine rings is 1. The van der Waals surface area contributed by atoms with Gasteiger partial charge in [0.25, 0.3) is 5.91 Å². The van der Waals surface area contributed by atoms with Gasteiger partial charge in [-0.3, -0.25) is 4.79 Å². The highest BCUT2D eigenvalue weighted by Crippen LogP contribution is 2.24. The van der Waals surface area contributed by atoms with Gasteiger partial charge in [-0.25, -0.2) is 4.98 Å². The number of halogens is 1. The number of carbonyl (C=O) groups is 1. The van der Waals surface area contributed by atoms with E-state index in [9.17, 15) is 4.79 Å². The highest BCUT2D eigenvalue weighted by molar-refractivity contribution is 9.10. The standard InChI is InChI=1S/C13H17BrN4O3/c1-20-12-9(14)6-15-13(17-12)18-4-5-21-10(7-18)11(19)16-8-2-3-8/h6,8,10H,2-5,7H2,1H3,(H,16,19). The van der Waals surface area contributed by atoms with Crippen LogP contribution in [0, 0.1) is 0 Å². The van der Waals surface area contributed by atoms with Gasteiger partial charge in [0.2, 0.25) is 11.8 Å². The Morgan fingerprint density at radius 3 is 3.10 bits per heavy atom. The van der Waals surface area contributed by atoms with E-state index in [0.717, 1.165) is 12.8 Å². The molecule has 1 atom stereocenters. The molecule has 0 spiro atoms. The molecule has 0 bridgehead atoms. The number of ether oxygens (including phenoxy) is 2. The molecule has 1 unspecified atom stereocenters. The van der Waals surface area contributed by atoms with Crippen molar-refractivity contribution >= 4 is 27.8 Å². The van der Waals surface area contributed by atoms with Crippen molar-refractivity contribution in [3.05, 3.63) is 10.7 Å². The predicted octanol–water partition coefficient (Wildman–Crippen LogP) is 0.732. The van der Waals surface area contributed by atoms with Crippen molar-refractivity contribution in [3.63, 3.8) is 0 Å². The third-order valence-electron chi connectivity index (χ3n) is 3.46. The largest absolute Gasteiger partial charge is 0.480 e. The van der Waals surface area contributed by atoms with Gasteiger partial charge < -0.3 is 19.7 Å². The topological polar surface area (TPSA) is 76.6 Å². The summed E-state index contributed by atoms with van der Waals surface area (Å²) in [5, 5.41) is 2.96. The fourth-order valence-corrected chi connectivity index (χ4v) is 2.50. The van der Waals surface area contributed by atoms with Gasteiger partial charge in [-0.05, 0) is 28.8 Å². The van der Waals surface area contributed by atoms with Crippen molar-refractivity contribution in [3.8, 4) is 5.88 Å². The Balaban J connectivity index is 1.68. The number of anilines is 1. The van der Waals surface area contributed by atoms with Crippen LogP contribution in [0.1, 0.15) is 12.8 Å². The molecule has 1 saturated carbocycles. The normalized spacial score (nSPS) is 22.0. The Labute approximate surface area is 131 Å². The zero-order valence-corrected chi connectivity index (χ0v) is 13.3. The summed E-state index contributed by atoms with van der Waals surface area (Å²) in [4.78, 5) is 22.6. The SMILES string of the molecule is COc1nc(N2CCOC(C(=O)NC3CC3)C2)ncc1Br. The molecule has 0 radical (unpaired) electrons. The van der Waals surface area contributed by atoms with Crippen LogP contribution in [0.4, 0.5) is 5.95 Å². The van der Waals surface area contributed by atoms with Gasteiger partial charge in [0.1, 0.15) is 0 Å². The first-order chi connectivity index (χ1) is 10.2. The Morgan fingerprint density at radius 2 is 2.38 bits per heavy atom. The molecular formula is C13H17BrN4O3. The van der Waals surface area contributed by atoms with E-state index in [1.165, 1.54) is 0 Å². The molecule has 2 fully saturated rings. The number of nitrogens with one attached hydrogen (secondary N) is 1. The van der Waals surface area contributed by atoms with Crippen LogP contribution >= 0.6 is 15.9 Å². The van der Waals surface area contributed by atoms with Crippen molar-refractivity contribution in [2.45, 2.75) is 25.0 Å². The van der Waals surface area contributed by atoms with Gasteiger partial charge in [0, 0.05) is 12.6 Å². The Morgan fingerprint density at radius 1 is 1.57 bits per heavy atom. The van der Waals surface area contributed by atoms with Crippen LogP contribution in [-0.2, 0) is 9.53 Å². The zero-order chi connectivity index (χ0) is 14.8. The Hall–Kier alpha value is -1.41. The van der Waals surface area contributed by atoms with Crippen LogP contribution in [0.5, 0.6) is 5.88 Å². The molecule has 1 amide bonds. The minimum Gasteiger partial charge on any atom is -0.480 e. The van der Waals surface area contributed by atoms with Crippen LogP contribution in [0.3, 0.4) is 0 Å². The maximum absolute atomic E-state index is 12.1. The van der Waals surface area contributed by atoms with Crippen LogP contribution in [0.15, 0.2) is 10.7 Å². The van der Waals surface area contributed by atoms with Gasteiger partial charge in [-0.15, -0.1) is 0 Å². The van der Waals surface area contributed by atoms with Gasteiger partial charge >= 0.3 is 0 Å². The Kier molecular flexibility index (Phi) is 4.25. The van der Waals surface area contributed by atoms with Crippen LogP contribution < -0.4 is 15.0 Å². The molecule has 2 heterocycles. The summed E-state index contributed by atoms with van der Waals surface area (Å²) in [6.45, 7) is 1.58. The highest BCUT2D eigenvalue weighted by Gasteiger charge is 2.32. The molecule has 21 heavy (non-hydrogen) atoms. The molecule has 7 nitrogen and oxygen atoms in total. The number of carbonyl (C=O) groups excluding carboxylic acids is 1. The summed E-state index contributed by atoms with van der Waals surface area (Å²) in [6.07, 6.45) is 3.30. The molecule has 1 aliphatic carbocycles. The molecule has 1 aromatic heterocycles. The maximum Gasteiger partial charge on any atom is 0.251 e. The van der Waals surface area contributed by atoms with Crippen LogP contribution in [0.25, 0.3) is 0 Å². The van der Waals surface area contributed by atoms with E-state index in [1.54, 1.807) is 13.3 Å². The van der Waals surface area contributed by atoms with Crippen LogP contribution in [-0.4, -0.2) is 54.8 Å². The molecule has 1 aliphatic heterocycles. The number of hydrogen-bond donors (Lipinski definition) is 1. The summed E-state index contributed by atoms with van der Waals surface area (Å²) < 4.78 is 11.4. The first-order valence-electron chi connectivity index (χ1n) is 6.91. The summed E-state index contributed by atoms with van der Waals surface area (Å²) in [7, 11) is 1.56. The number of aromatic nitrogens is 2. The van der Waals surface area contributed by atoms with Gasteiger partial charge in [-0.1, -0.05) is 0 Å². The first-order valence-corrected chi connectivity index (χ1v) is 7.70. The average molecular weight is 357 g/mol. The second-order valence-corrected chi connectivity index (χ2v) is 5.97. The molecule has 114 valence electrons. The Bertz CT molecular complexity index is 538. The quantitative estimate of drug-likeness (QED) is 0.856. The lowest BCUT2D eigenvalue weighted by molar-refractivity contribution is -0.133. The number of amides is 1. The number of hydrogen-bond acceptors (Lipinski definition) is 6. The number of rotatable bonds is 4. The fourth-order valence-electron chi connectivity index (χ4n) is 2.15. The van der Waals surface area contributed by atoms with Gasteiger partial charge in [0.05, 0.1) is 30.9 Å². The number of methoxy groups -OCH3 is 1. The van der Waals surface area contributed by atoms with E-state index < -0.39 is 6.10 Å². The monoisotopic (exact) mass is 356 g/mol. The summed E-state index contributed by atoms with van der Waals surface area (Å²) in [5.74, 6) is 0.972. The molecular weight excluding hydrogens is 340 g/mol. The zero-order valence-electron chi connectivity index (χ0n) is 11.7. The molecule has 1 aromatic rings. The minimum absolute atomic E-state index is 0.0497. The van der Waals surface area contributed by atoms with E-state index >= 15 is 0 Å². The molecule has 0 aromatic carbocycles. The fraction of sp³-hybridized carbons (Fsp3) is 0.615. The van der Waals surface area contributed by atoms with E-state index in [4.69, 9.17) is 9.47 Å². The maximum atomic E-state index is 12.1. The second kappa shape index (κ2) is 6.15. The number of nitrogens with zero attached hydrogens (tertiary/aromatic N) is 3. The molecule has 3 rings (SSSR count). The predicted molar refractivity (Wildman–Crippen MR) is 79.4 cm³/mol. The highest BCUT2D eigenvalue weighted by atomic mass is 79.9. The smallest absolute Gasteiger partial charge is 0.251 e. The molecule has 8 heteroatoms. The van der Waals surface area contributed by atoms with Crippen LogP contribution in [0.2, 0.25) is 0 Å². The molecule has 1 saturated heterocycles. The minimum atomic E-state index is -0.474. The lowest BCUT2D eigenvalue weighted by Gasteiger charge is -2.32. The first kappa shape index (κ1) is 14.5. The average Bonchev–Trinajstić information content (AvgIpc) is 3.32. The van der Waals surface area contributed by atoms with Gasteiger partial charge in [-0.2, -0.15) is 4.98 Å². The van der Waals surface area contributed by atoms with Crippen molar-refractivity contribution in [2.75, 3.05) is 31.7 Å². The van der Waals surface area contributed by atoms with Crippen molar-refractivity contribution in [1.82, 2.24) is 15.3 Å². The van der Waals surface area contributed by atoms with E-state index in [-0.39, 0.29) is 5.91 Å². The summed E-state index contributed by atoms with van der Waals surface area (Å²) in [5.41, 5.74) is 0. The van der Waals surface area contributed by atoms with Gasteiger partial charge in [0.15, 0.2) is 6.10 Å². The second-order valence-electron chi connectivity index (χ2n) is 5.12. The third kappa shape index (κ3) is 3.44. The summed E-state index contributed by atoms with van der Waals surface area (Å²) >= 11 is 3.33. The van der Waals surface area contributed by atoms with Crippen molar-refractivity contribution < 1.29 is 14.3 Å². The van der Waals surface area contributed by atoms with E-state index in [0.29, 0.717) is 42.0 Å². The lowest BCUT2D eigenvalue weighted by atomic mass is 10.2. The third-order valence-corrected chi connectivity index (χ3v) is 4.00. The molecule has 2 aliphatic rings. The lowest BCUT2D eigenvalue weighted by Crippen LogP contribution is -2.50. The van der Waals surface area contributed by atoms with E-state index in [2.05, 4.69) is 31.2 Å². The van der Waals surface area contributed by atoms with E-state index in [1.807, 2.05) is 4.90 Å². The summed E-state index contributed by atoms with van der Waals surface area (Å²) in [6, 6.07) is 0.334. The molecule has 1 N–H and O–H groups in total.